The molecule has 1 aromatic rings. The molecule has 0 radical (unpaired) electrons. The summed E-state index contributed by atoms with van der Waals surface area (Å²) >= 11 is 0. The quantitative estimate of drug-likeness (QED) is 0.524. The average Bonchev–Trinajstić information content (AvgIpc) is 2.12. The fraction of sp³-hybridized carbons (Fsp3) is 0. The molecule has 44 valence electrons. The van der Waals surface area contributed by atoms with Crippen LogP contribution in [0, 0.1) is 0 Å². The van der Waals surface area contributed by atoms with Crippen LogP contribution in [0.25, 0.3) is 0 Å². The molecule has 0 unspecified atom stereocenters. The molecule has 0 fully saturated rings. The summed E-state index contributed by atoms with van der Waals surface area (Å²) in [5.74, 6) is -0.440. The maximum atomic E-state index is 11.3. The summed E-state index contributed by atoms with van der Waals surface area (Å²) in [6, 6.07) is 2.56. The Hall–Kier alpha value is -1.06. The van der Waals surface area contributed by atoms with Crippen molar-refractivity contribution in [1.82, 2.24) is 0 Å². The fourth-order valence-electron chi connectivity index (χ4n) is 0.366. The van der Waals surface area contributed by atoms with Gasteiger partial charge in [0, 0.05) is 6.07 Å². The number of anilines is 1. The van der Waals surface area contributed by atoms with Gasteiger partial charge in [0.25, 0.3) is 5.88 Å². The summed E-state index contributed by atoms with van der Waals surface area (Å²) in [6.07, 6.45) is 1.18. The molecule has 0 aliphatic rings. The van der Waals surface area contributed by atoms with Crippen LogP contribution in [0.3, 0.4) is 0 Å². The lowest BCUT2D eigenvalue weighted by atomic mass is 10.6. The van der Waals surface area contributed by atoms with Gasteiger partial charge in [-0.25, -0.2) is 0 Å². The number of halogens is 2. The van der Waals surface area contributed by atoms with Crippen LogP contribution in [0.1, 0.15) is 0 Å². The summed E-state index contributed by atoms with van der Waals surface area (Å²) in [6.45, 7) is 0. The standard InChI is InChI=1S/C4H3F2NO/c5-7(6)4-2-1-3-8-4/h1-3H. The maximum absolute atomic E-state index is 11.3. The van der Waals surface area contributed by atoms with Crippen molar-refractivity contribution in [2.24, 2.45) is 0 Å². The first-order valence-corrected chi connectivity index (χ1v) is 1.96. The normalized spacial score (nSPS) is 9.25. The molecule has 2 nitrogen and oxygen atoms in total. The van der Waals surface area contributed by atoms with Crippen molar-refractivity contribution < 1.29 is 13.4 Å². The highest BCUT2D eigenvalue weighted by atomic mass is 19.4. The number of nitrogens with zero attached hydrogens (tertiary/aromatic N) is 1. The first-order valence-electron chi connectivity index (χ1n) is 1.96. The monoisotopic (exact) mass is 119 g/mol. The Balaban J connectivity index is 2.77. The van der Waals surface area contributed by atoms with Gasteiger partial charge in [0.2, 0.25) is 0 Å². The van der Waals surface area contributed by atoms with Crippen molar-refractivity contribution in [3.63, 3.8) is 0 Å². The second kappa shape index (κ2) is 1.81. The molecular formula is C4H3F2NO. The van der Waals surface area contributed by atoms with Crippen molar-refractivity contribution in [2.45, 2.75) is 0 Å². The van der Waals surface area contributed by atoms with Gasteiger partial charge in [0.15, 0.2) is 0 Å². The van der Waals surface area contributed by atoms with Crippen LogP contribution in [0.5, 0.6) is 0 Å². The van der Waals surface area contributed by atoms with Crippen LogP contribution in [0.15, 0.2) is 22.8 Å². The van der Waals surface area contributed by atoms with E-state index in [1.165, 1.54) is 18.4 Å². The molecule has 4 heteroatoms. The Bertz CT molecular complexity index is 149. The Morgan fingerprint density at radius 3 is 2.50 bits per heavy atom. The van der Waals surface area contributed by atoms with Gasteiger partial charge in [0.05, 0.1) is 6.26 Å². The molecule has 1 heterocycles. The minimum Gasteiger partial charge on any atom is -0.444 e. The number of hydrogen-bond donors (Lipinski definition) is 0. The zero-order chi connectivity index (χ0) is 5.98. The second-order valence-electron chi connectivity index (χ2n) is 1.18. The van der Waals surface area contributed by atoms with Gasteiger partial charge in [-0.3, -0.25) is 0 Å². The maximum Gasteiger partial charge on any atom is 0.257 e. The van der Waals surface area contributed by atoms with Crippen molar-refractivity contribution >= 4 is 5.88 Å². The Labute approximate surface area is 44.2 Å². The predicted molar refractivity (Wildman–Crippen MR) is 23.4 cm³/mol. The summed E-state index contributed by atoms with van der Waals surface area (Å²) in [4.78, 5) is 0. The summed E-state index contributed by atoms with van der Waals surface area (Å²) in [5.41, 5.74) is 0. The van der Waals surface area contributed by atoms with Gasteiger partial charge < -0.3 is 4.42 Å². The van der Waals surface area contributed by atoms with E-state index < -0.39 is 11.2 Å². The Morgan fingerprint density at radius 1 is 1.50 bits per heavy atom. The van der Waals surface area contributed by atoms with E-state index >= 15 is 0 Å². The molecule has 1 aromatic heterocycles. The van der Waals surface area contributed by atoms with Gasteiger partial charge in [-0.1, -0.05) is 8.96 Å². The zero-order valence-corrected chi connectivity index (χ0v) is 3.84. The summed E-state index contributed by atoms with van der Waals surface area (Å²) in [7, 11) is 0. The number of rotatable bonds is 1. The molecule has 0 N–H and O–H groups in total. The first kappa shape index (κ1) is 5.08. The van der Waals surface area contributed by atoms with Crippen molar-refractivity contribution in [2.75, 3.05) is 5.34 Å². The van der Waals surface area contributed by atoms with E-state index in [1.807, 2.05) is 0 Å². The van der Waals surface area contributed by atoms with Crippen molar-refractivity contribution in [3.05, 3.63) is 18.4 Å². The van der Waals surface area contributed by atoms with Crippen LogP contribution < -0.4 is 5.34 Å². The Morgan fingerprint density at radius 2 is 2.25 bits per heavy atom. The van der Waals surface area contributed by atoms with Crippen LogP contribution in [0.2, 0.25) is 0 Å². The third-order valence-electron chi connectivity index (χ3n) is 0.673. The highest BCUT2D eigenvalue weighted by Crippen LogP contribution is 2.13. The third-order valence-corrected chi connectivity index (χ3v) is 0.673. The van der Waals surface area contributed by atoms with E-state index in [9.17, 15) is 8.96 Å². The molecule has 0 amide bonds. The smallest absolute Gasteiger partial charge is 0.257 e. The molecule has 0 spiro atoms. The zero-order valence-electron chi connectivity index (χ0n) is 3.84. The van der Waals surface area contributed by atoms with Gasteiger partial charge in [-0.2, -0.15) is 0 Å². The predicted octanol–water partition coefficient (Wildman–Crippen LogP) is 1.85. The summed E-state index contributed by atoms with van der Waals surface area (Å²) < 4.78 is 27.0. The largest absolute Gasteiger partial charge is 0.444 e. The molecule has 0 saturated heterocycles. The lowest BCUT2D eigenvalue weighted by Crippen LogP contribution is -1.91. The molecule has 1 rings (SSSR count). The third kappa shape index (κ3) is 0.776. The Kier molecular flexibility index (Phi) is 1.15. The van der Waals surface area contributed by atoms with E-state index in [1.54, 1.807) is 0 Å². The van der Waals surface area contributed by atoms with Crippen molar-refractivity contribution in [3.8, 4) is 0 Å². The average molecular weight is 119 g/mol. The van der Waals surface area contributed by atoms with E-state index in [2.05, 4.69) is 4.42 Å². The summed E-state index contributed by atoms with van der Waals surface area (Å²) in [5, 5.41) is -1.08. The molecule has 0 bridgehead atoms. The highest BCUT2D eigenvalue weighted by molar-refractivity contribution is 5.26. The van der Waals surface area contributed by atoms with Crippen molar-refractivity contribution in [1.29, 1.82) is 0 Å². The fourth-order valence-corrected chi connectivity index (χ4v) is 0.366. The SMILES string of the molecule is FN(F)c1ccco1. The molecular weight excluding hydrogens is 116 g/mol. The minimum atomic E-state index is -1.08. The van der Waals surface area contributed by atoms with E-state index in [0.717, 1.165) is 0 Å². The van der Waals surface area contributed by atoms with Gasteiger partial charge in [0.1, 0.15) is 0 Å². The van der Waals surface area contributed by atoms with Gasteiger partial charge >= 0.3 is 0 Å². The van der Waals surface area contributed by atoms with Gasteiger partial charge in [-0.15, -0.1) is 0 Å². The van der Waals surface area contributed by atoms with E-state index in [4.69, 9.17) is 0 Å². The lowest BCUT2D eigenvalue weighted by molar-refractivity contribution is 0.211. The lowest BCUT2D eigenvalue weighted by Gasteiger charge is -1.91. The first-order chi connectivity index (χ1) is 3.80. The van der Waals surface area contributed by atoms with Crippen LogP contribution in [-0.4, -0.2) is 0 Å². The van der Waals surface area contributed by atoms with Crippen LogP contribution in [0.4, 0.5) is 14.8 Å². The second-order valence-corrected chi connectivity index (χ2v) is 1.18. The minimum absolute atomic E-state index is 0.440. The molecule has 0 saturated carbocycles. The topological polar surface area (TPSA) is 16.4 Å². The number of hydrogen-bond acceptors (Lipinski definition) is 2. The molecule has 0 aliphatic carbocycles. The van der Waals surface area contributed by atoms with E-state index in [0.29, 0.717) is 0 Å². The van der Waals surface area contributed by atoms with Crippen LogP contribution >= 0.6 is 0 Å². The number of furan rings is 1. The van der Waals surface area contributed by atoms with Crippen LogP contribution in [-0.2, 0) is 0 Å². The van der Waals surface area contributed by atoms with E-state index in [-0.39, 0.29) is 0 Å². The molecule has 0 atom stereocenters. The highest BCUT2D eigenvalue weighted by Gasteiger charge is 2.02. The molecule has 8 heavy (non-hydrogen) atoms. The van der Waals surface area contributed by atoms with Gasteiger partial charge in [-0.05, 0) is 11.4 Å². The molecule has 0 aromatic carbocycles. The molecule has 0 aliphatic heterocycles.